The molecule has 2 saturated heterocycles. The van der Waals surface area contributed by atoms with Crippen LogP contribution in [0, 0.1) is 13.8 Å². The van der Waals surface area contributed by atoms with Crippen LogP contribution in [0.3, 0.4) is 0 Å². The molecule has 0 spiro atoms. The van der Waals surface area contributed by atoms with Crippen molar-refractivity contribution in [2.24, 2.45) is 0 Å². The van der Waals surface area contributed by atoms with Crippen LogP contribution >= 0.6 is 0 Å². The molecule has 2 fully saturated rings. The molecule has 2 aliphatic rings. The zero-order chi connectivity index (χ0) is 24.0. The molecule has 2 aromatic rings. The molecule has 0 saturated carbocycles. The third-order valence-corrected chi connectivity index (χ3v) is 5.91. The first kappa shape index (κ1) is 22.6. The molecule has 4 rings (SSSR count). The molecule has 174 valence electrons. The summed E-state index contributed by atoms with van der Waals surface area (Å²) in [5, 5.41) is 3.31. The smallest absolute Gasteiger partial charge is 0.353 e. The standard InChI is InChI=1S/C22H22F3N5O3/c1-13-11-14(2)17(26-12-13)29-7-9-30(10-8-29)18(31)15-3-5-16(6-4-15)21(22(23,24)25)19(32)27-20(33)28-21/h3-6,11-12H,7-10H2,1-2H3,(H2,27,28,32,33). The molecule has 0 bridgehead atoms. The highest BCUT2D eigenvalue weighted by molar-refractivity contribution is 6.08. The maximum Gasteiger partial charge on any atom is 0.425 e. The molecular formula is C22H22F3N5O3. The monoisotopic (exact) mass is 461 g/mol. The van der Waals surface area contributed by atoms with E-state index in [1.165, 1.54) is 12.1 Å². The topological polar surface area (TPSA) is 94.6 Å². The van der Waals surface area contributed by atoms with Crippen molar-refractivity contribution < 1.29 is 27.6 Å². The molecule has 1 aromatic heterocycles. The van der Waals surface area contributed by atoms with Gasteiger partial charge < -0.3 is 15.1 Å². The molecule has 11 heteroatoms. The van der Waals surface area contributed by atoms with Crippen LogP contribution in [0.15, 0.2) is 36.5 Å². The van der Waals surface area contributed by atoms with Crippen LogP contribution in [-0.2, 0) is 10.3 Å². The summed E-state index contributed by atoms with van der Waals surface area (Å²) in [6.07, 6.45) is -3.27. The van der Waals surface area contributed by atoms with Gasteiger partial charge in [-0.05, 0) is 42.7 Å². The molecule has 33 heavy (non-hydrogen) atoms. The van der Waals surface area contributed by atoms with Crippen molar-refractivity contribution in [1.29, 1.82) is 0 Å². The van der Waals surface area contributed by atoms with Crippen LogP contribution in [0.1, 0.15) is 27.0 Å². The van der Waals surface area contributed by atoms with Gasteiger partial charge in [-0.15, -0.1) is 0 Å². The lowest BCUT2D eigenvalue weighted by Gasteiger charge is -2.36. The summed E-state index contributed by atoms with van der Waals surface area (Å²) < 4.78 is 41.2. The number of rotatable bonds is 3. The lowest BCUT2D eigenvalue weighted by atomic mass is 9.88. The second kappa shape index (κ2) is 8.05. The van der Waals surface area contributed by atoms with Crippen molar-refractivity contribution in [2.75, 3.05) is 31.1 Å². The number of pyridine rings is 1. The number of hydrogen-bond donors (Lipinski definition) is 2. The van der Waals surface area contributed by atoms with Crippen molar-refractivity contribution in [3.8, 4) is 0 Å². The Morgan fingerprint density at radius 3 is 2.21 bits per heavy atom. The number of alkyl halides is 3. The summed E-state index contributed by atoms with van der Waals surface area (Å²) in [6, 6.07) is 5.38. The van der Waals surface area contributed by atoms with E-state index in [1.54, 1.807) is 21.7 Å². The zero-order valence-corrected chi connectivity index (χ0v) is 18.0. The van der Waals surface area contributed by atoms with Gasteiger partial charge in [0.05, 0.1) is 0 Å². The number of carbonyl (C=O) groups is 3. The maximum absolute atomic E-state index is 13.7. The lowest BCUT2D eigenvalue weighted by Crippen LogP contribution is -2.55. The van der Waals surface area contributed by atoms with E-state index in [0.29, 0.717) is 26.2 Å². The third kappa shape index (κ3) is 3.87. The summed E-state index contributed by atoms with van der Waals surface area (Å²) >= 11 is 0. The van der Waals surface area contributed by atoms with E-state index in [2.05, 4.69) is 9.88 Å². The van der Waals surface area contributed by atoms with Crippen molar-refractivity contribution in [3.63, 3.8) is 0 Å². The number of hydrogen-bond acceptors (Lipinski definition) is 5. The highest BCUT2D eigenvalue weighted by atomic mass is 19.4. The average molecular weight is 461 g/mol. The van der Waals surface area contributed by atoms with Crippen molar-refractivity contribution >= 4 is 23.7 Å². The molecule has 1 unspecified atom stereocenters. The molecular weight excluding hydrogens is 439 g/mol. The minimum absolute atomic E-state index is 0.193. The van der Waals surface area contributed by atoms with Gasteiger partial charge in [0.2, 0.25) is 5.54 Å². The van der Waals surface area contributed by atoms with Crippen molar-refractivity contribution in [2.45, 2.75) is 25.6 Å². The van der Waals surface area contributed by atoms with Crippen LogP contribution in [-0.4, -0.2) is 60.1 Å². The number of piperazine rings is 1. The molecule has 0 aliphatic carbocycles. The SMILES string of the molecule is Cc1cnc(N2CCN(C(=O)c3ccc(C4(C(F)(F)F)NC(=O)NC4=O)cc3)CC2)c(C)c1. The summed E-state index contributed by atoms with van der Waals surface area (Å²) in [5.74, 6) is -0.961. The van der Waals surface area contributed by atoms with E-state index in [-0.39, 0.29) is 11.5 Å². The van der Waals surface area contributed by atoms with Crippen LogP contribution in [0.25, 0.3) is 0 Å². The number of halogens is 3. The predicted octanol–water partition coefficient (Wildman–Crippen LogP) is 2.26. The Kier molecular flexibility index (Phi) is 5.51. The average Bonchev–Trinajstić information content (AvgIpc) is 3.08. The first-order valence-corrected chi connectivity index (χ1v) is 10.3. The number of carbonyl (C=O) groups excluding carboxylic acids is 3. The Hall–Kier alpha value is -3.63. The van der Waals surface area contributed by atoms with Gasteiger partial charge in [0.15, 0.2) is 0 Å². The van der Waals surface area contributed by atoms with E-state index in [4.69, 9.17) is 0 Å². The van der Waals surface area contributed by atoms with Crippen LogP contribution in [0.4, 0.5) is 23.8 Å². The Morgan fingerprint density at radius 1 is 1.06 bits per heavy atom. The molecule has 4 amide bonds. The fourth-order valence-corrected chi connectivity index (χ4v) is 4.23. The Morgan fingerprint density at radius 2 is 1.70 bits per heavy atom. The zero-order valence-electron chi connectivity index (χ0n) is 18.0. The maximum atomic E-state index is 13.7. The molecule has 1 atom stereocenters. The summed E-state index contributed by atoms with van der Waals surface area (Å²) in [5.41, 5.74) is -1.35. The number of nitrogens with one attached hydrogen (secondary N) is 2. The second-order valence-electron chi connectivity index (χ2n) is 8.17. The molecule has 0 radical (unpaired) electrons. The van der Waals surface area contributed by atoms with Gasteiger partial charge >= 0.3 is 12.2 Å². The van der Waals surface area contributed by atoms with E-state index in [9.17, 15) is 27.6 Å². The third-order valence-electron chi connectivity index (χ3n) is 5.91. The van der Waals surface area contributed by atoms with Crippen LogP contribution in [0.2, 0.25) is 0 Å². The number of urea groups is 1. The van der Waals surface area contributed by atoms with Gasteiger partial charge in [-0.3, -0.25) is 14.9 Å². The summed E-state index contributed by atoms with van der Waals surface area (Å²) in [6.45, 7) is 5.96. The highest BCUT2D eigenvalue weighted by Crippen LogP contribution is 2.41. The Labute approximate surface area is 187 Å². The second-order valence-corrected chi connectivity index (χ2v) is 8.17. The molecule has 3 heterocycles. The molecule has 1 aromatic carbocycles. The van der Waals surface area contributed by atoms with Crippen molar-refractivity contribution in [3.05, 3.63) is 58.8 Å². The fourth-order valence-electron chi connectivity index (χ4n) is 4.23. The lowest BCUT2D eigenvalue weighted by molar-refractivity contribution is -0.195. The normalized spacial score (nSPS) is 21.1. The first-order chi connectivity index (χ1) is 15.5. The number of anilines is 1. The van der Waals surface area contributed by atoms with Crippen LogP contribution in [0.5, 0.6) is 0 Å². The minimum Gasteiger partial charge on any atom is -0.353 e. The number of amides is 4. The van der Waals surface area contributed by atoms with Gasteiger partial charge in [0.25, 0.3) is 11.8 Å². The predicted molar refractivity (Wildman–Crippen MR) is 113 cm³/mol. The van der Waals surface area contributed by atoms with E-state index < -0.39 is 29.2 Å². The fraction of sp³-hybridized carbons (Fsp3) is 0.364. The largest absolute Gasteiger partial charge is 0.425 e. The molecule has 8 nitrogen and oxygen atoms in total. The number of benzene rings is 1. The highest BCUT2D eigenvalue weighted by Gasteiger charge is 2.66. The van der Waals surface area contributed by atoms with Gasteiger partial charge in [-0.25, -0.2) is 9.78 Å². The Balaban J connectivity index is 1.48. The number of imide groups is 1. The summed E-state index contributed by atoms with van der Waals surface area (Å²) in [7, 11) is 0. The van der Waals surface area contributed by atoms with Gasteiger partial charge in [-0.1, -0.05) is 18.2 Å². The van der Waals surface area contributed by atoms with Gasteiger partial charge in [0, 0.05) is 37.9 Å². The summed E-state index contributed by atoms with van der Waals surface area (Å²) in [4.78, 5) is 44.5. The number of aryl methyl sites for hydroxylation is 2. The van der Waals surface area contributed by atoms with E-state index >= 15 is 0 Å². The quantitative estimate of drug-likeness (QED) is 0.684. The van der Waals surface area contributed by atoms with Crippen molar-refractivity contribution in [1.82, 2.24) is 20.5 Å². The molecule has 2 aliphatic heterocycles. The van der Waals surface area contributed by atoms with Gasteiger partial charge in [-0.2, -0.15) is 13.2 Å². The van der Waals surface area contributed by atoms with E-state index in [0.717, 1.165) is 29.1 Å². The number of aromatic nitrogens is 1. The van der Waals surface area contributed by atoms with Crippen LogP contribution < -0.4 is 15.5 Å². The number of nitrogens with zero attached hydrogens (tertiary/aromatic N) is 3. The van der Waals surface area contributed by atoms with E-state index in [1.807, 2.05) is 19.9 Å². The minimum atomic E-state index is -5.06. The first-order valence-electron chi connectivity index (χ1n) is 10.3. The Bertz CT molecular complexity index is 1110. The molecule has 2 N–H and O–H groups in total. The van der Waals surface area contributed by atoms with Gasteiger partial charge in [0.1, 0.15) is 5.82 Å².